The zero-order valence-electron chi connectivity index (χ0n) is 17.9. The molecule has 2 amide bonds. The van der Waals surface area contributed by atoms with Crippen molar-refractivity contribution in [1.82, 2.24) is 10.2 Å². The molecule has 1 heterocycles. The minimum absolute atomic E-state index is 0.0220. The summed E-state index contributed by atoms with van der Waals surface area (Å²) in [5.74, 6) is -1.55. The highest BCUT2D eigenvalue weighted by atomic mass is 19.4. The number of halogens is 4. The molecule has 1 unspecified atom stereocenters. The Morgan fingerprint density at radius 3 is 2.48 bits per heavy atom. The molecule has 0 saturated carbocycles. The Kier molecular flexibility index (Phi) is 7.25. The second kappa shape index (κ2) is 9.93. The predicted octanol–water partition coefficient (Wildman–Crippen LogP) is 4.83. The highest BCUT2D eigenvalue weighted by Gasteiger charge is 2.39. The summed E-state index contributed by atoms with van der Waals surface area (Å²) in [6.45, 7) is 2.97. The quantitative estimate of drug-likeness (QED) is 0.469. The van der Waals surface area contributed by atoms with E-state index in [1.54, 1.807) is 19.9 Å². The molecule has 0 spiro atoms. The third-order valence-electron chi connectivity index (χ3n) is 5.00. The monoisotopic (exact) mass is 466 g/mol. The van der Waals surface area contributed by atoms with Crippen LogP contribution in [0.25, 0.3) is 0 Å². The lowest BCUT2D eigenvalue weighted by molar-refractivity contribution is -0.139. The van der Waals surface area contributed by atoms with Crippen molar-refractivity contribution in [3.8, 4) is 5.75 Å². The SMILES string of the molecule is CCOC(=O)C1=C(COc2cccc(C(F)(F)F)c2)N(CC)C(=O)NC1c1ccccc1F. The van der Waals surface area contributed by atoms with Gasteiger partial charge >= 0.3 is 18.2 Å². The zero-order chi connectivity index (χ0) is 24.2. The summed E-state index contributed by atoms with van der Waals surface area (Å²) in [5.41, 5.74) is -0.848. The molecular weight excluding hydrogens is 444 g/mol. The van der Waals surface area contributed by atoms with Gasteiger partial charge in [0.15, 0.2) is 0 Å². The van der Waals surface area contributed by atoms with E-state index >= 15 is 0 Å². The highest BCUT2D eigenvalue weighted by molar-refractivity contribution is 5.95. The fraction of sp³-hybridized carbons (Fsp3) is 0.304. The van der Waals surface area contributed by atoms with Crippen molar-refractivity contribution in [2.24, 2.45) is 0 Å². The first kappa shape index (κ1) is 24.1. The summed E-state index contributed by atoms with van der Waals surface area (Å²) < 4.78 is 64.4. The van der Waals surface area contributed by atoms with Crippen LogP contribution in [0, 0.1) is 5.82 Å². The van der Waals surface area contributed by atoms with E-state index in [0.717, 1.165) is 12.1 Å². The summed E-state index contributed by atoms with van der Waals surface area (Å²) in [7, 11) is 0. The first-order valence-electron chi connectivity index (χ1n) is 10.2. The fourth-order valence-corrected chi connectivity index (χ4v) is 3.50. The molecule has 0 fully saturated rings. The number of urea groups is 1. The molecule has 1 aliphatic rings. The second-order valence-corrected chi connectivity index (χ2v) is 7.04. The van der Waals surface area contributed by atoms with E-state index in [4.69, 9.17) is 9.47 Å². The molecule has 1 N–H and O–H groups in total. The number of alkyl halides is 3. The van der Waals surface area contributed by atoms with Gasteiger partial charge in [-0.3, -0.25) is 4.90 Å². The first-order valence-corrected chi connectivity index (χ1v) is 10.2. The van der Waals surface area contributed by atoms with Crippen molar-refractivity contribution in [3.63, 3.8) is 0 Å². The summed E-state index contributed by atoms with van der Waals surface area (Å²) in [5, 5.41) is 2.61. The molecule has 3 rings (SSSR count). The molecule has 33 heavy (non-hydrogen) atoms. The van der Waals surface area contributed by atoms with Crippen molar-refractivity contribution in [2.45, 2.75) is 26.1 Å². The van der Waals surface area contributed by atoms with E-state index in [9.17, 15) is 27.2 Å². The predicted molar refractivity (Wildman–Crippen MR) is 111 cm³/mol. The third-order valence-corrected chi connectivity index (χ3v) is 5.00. The van der Waals surface area contributed by atoms with Gasteiger partial charge in [-0.15, -0.1) is 0 Å². The van der Waals surface area contributed by atoms with Crippen LogP contribution in [0.4, 0.5) is 22.4 Å². The van der Waals surface area contributed by atoms with Gasteiger partial charge in [-0.05, 0) is 38.1 Å². The van der Waals surface area contributed by atoms with Gasteiger partial charge in [0, 0.05) is 12.1 Å². The lowest BCUT2D eigenvalue weighted by Gasteiger charge is -2.36. The van der Waals surface area contributed by atoms with E-state index in [2.05, 4.69) is 5.32 Å². The third kappa shape index (κ3) is 5.27. The van der Waals surface area contributed by atoms with Gasteiger partial charge in [0.25, 0.3) is 0 Å². The van der Waals surface area contributed by atoms with Gasteiger partial charge in [0.2, 0.25) is 0 Å². The average molecular weight is 466 g/mol. The minimum atomic E-state index is -4.56. The lowest BCUT2D eigenvalue weighted by Crippen LogP contribution is -2.49. The molecule has 1 aliphatic heterocycles. The first-order chi connectivity index (χ1) is 15.7. The Hall–Kier alpha value is -3.56. The van der Waals surface area contributed by atoms with Crippen LogP contribution >= 0.6 is 0 Å². The van der Waals surface area contributed by atoms with E-state index in [1.807, 2.05) is 0 Å². The number of benzene rings is 2. The van der Waals surface area contributed by atoms with Gasteiger partial charge in [-0.25, -0.2) is 14.0 Å². The number of hydrogen-bond donors (Lipinski definition) is 1. The number of nitrogens with zero attached hydrogens (tertiary/aromatic N) is 1. The molecule has 0 bridgehead atoms. The number of carbonyl (C=O) groups is 2. The van der Waals surface area contributed by atoms with Crippen LogP contribution in [0.15, 0.2) is 59.8 Å². The Bertz CT molecular complexity index is 1070. The van der Waals surface area contributed by atoms with Crippen molar-refractivity contribution in [1.29, 1.82) is 0 Å². The largest absolute Gasteiger partial charge is 0.487 e. The number of carbonyl (C=O) groups excluding carboxylic acids is 2. The molecular formula is C23H22F4N2O4. The second-order valence-electron chi connectivity index (χ2n) is 7.04. The van der Waals surface area contributed by atoms with Gasteiger partial charge in [-0.1, -0.05) is 24.3 Å². The molecule has 2 aromatic carbocycles. The van der Waals surface area contributed by atoms with E-state index in [0.29, 0.717) is 0 Å². The van der Waals surface area contributed by atoms with E-state index < -0.39 is 42.2 Å². The number of likely N-dealkylation sites (N-methyl/N-ethyl adjacent to an activating group) is 1. The standard InChI is InChI=1S/C23H22F4N2O4/c1-3-29-18(13-33-15-9-7-8-14(12-15)23(25,26)27)19(21(30)32-4-2)20(28-22(29)31)16-10-5-6-11-17(16)24/h5-12,20H,3-4,13H2,1-2H3,(H,28,31). The van der Waals surface area contributed by atoms with Crippen LogP contribution in [0.2, 0.25) is 0 Å². The van der Waals surface area contributed by atoms with Crippen LogP contribution in [0.5, 0.6) is 5.75 Å². The smallest absolute Gasteiger partial charge is 0.416 e. The summed E-state index contributed by atoms with van der Waals surface area (Å²) >= 11 is 0. The van der Waals surface area contributed by atoms with Crippen LogP contribution < -0.4 is 10.1 Å². The van der Waals surface area contributed by atoms with Crippen molar-refractivity contribution in [3.05, 3.63) is 76.7 Å². The molecule has 1 atom stereocenters. The molecule has 0 saturated heterocycles. The summed E-state index contributed by atoms with van der Waals surface area (Å²) in [6.07, 6.45) is -4.56. The maximum atomic E-state index is 14.6. The number of esters is 1. The molecule has 176 valence electrons. The number of rotatable bonds is 7. The van der Waals surface area contributed by atoms with Gasteiger partial charge in [-0.2, -0.15) is 13.2 Å². The molecule has 6 nitrogen and oxygen atoms in total. The zero-order valence-corrected chi connectivity index (χ0v) is 17.9. The highest BCUT2D eigenvalue weighted by Crippen LogP contribution is 2.34. The minimum Gasteiger partial charge on any atom is -0.487 e. The topological polar surface area (TPSA) is 67.9 Å². The molecule has 0 aromatic heterocycles. The van der Waals surface area contributed by atoms with Crippen LogP contribution in [-0.2, 0) is 15.7 Å². The number of amides is 2. The van der Waals surface area contributed by atoms with Gasteiger partial charge < -0.3 is 14.8 Å². The molecule has 10 heteroatoms. The number of hydrogen-bond acceptors (Lipinski definition) is 4. The maximum absolute atomic E-state index is 14.6. The van der Waals surface area contributed by atoms with Crippen LogP contribution in [0.3, 0.4) is 0 Å². The number of ether oxygens (including phenoxy) is 2. The molecule has 0 aliphatic carbocycles. The maximum Gasteiger partial charge on any atom is 0.416 e. The molecule has 2 aromatic rings. The van der Waals surface area contributed by atoms with Gasteiger partial charge in [0.1, 0.15) is 18.2 Å². The van der Waals surface area contributed by atoms with Crippen molar-refractivity contribution in [2.75, 3.05) is 19.8 Å². The van der Waals surface area contributed by atoms with Crippen LogP contribution in [0.1, 0.15) is 31.0 Å². The fourth-order valence-electron chi connectivity index (χ4n) is 3.50. The summed E-state index contributed by atoms with van der Waals surface area (Å²) in [6, 6.07) is 8.09. The van der Waals surface area contributed by atoms with Crippen LogP contribution in [-0.4, -0.2) is 36.7 Å². The Labute approximate surface area is 187 Å². The Morgan fingerprint density at radius 1 is 1.12 bits per heavy atom. The lowest BCUT2D eigenvalue weighted by atomic mass is 9.94. The Balaban J connectivity index is 2.07. The van der Waals surface area contributed by atoms with E-state index in [1.165, 1.54) is 35.2 Å². The normalized spacial score (nSPS) is 16.5. The Morgan fingerprint density at radius 2 is 1.85 bits per heavy atom. The number of nitrogens with one attached hydrogen (secondary N) is 1. The van der Waals surface area contributed by atoms with Gasteiger partial charge in [0.05, 0.1) is 29.5 Å². The van der Waals surface area contributed by atoms with Crippen molar-refractivity contribution < 1.29 is 36.6 Å². The molecule has 0 radical (unpaired) electrons. The summed E-state index contributed by atoms with van der Waals surface area (Å²) in [4.78, 5) is 26.8. The van der Waals surface area contributed by atoms with Crippen molar-refractivity contribution >= 4 is 12.0 Å². The van der Waals surface area contributed by atoms with E-state index in [-0.39, 0.29) is 35.7 Å². The average Bonchev–Trinajstić information content (AvgIpc) is 2.77.